The summed E-state index contributed by atoms with van der Waals surface area (Å²) in [6.07, 6.45) is 23.4. The molecule has 1 amide bonds. The zero-order valence-corrected chi connectivity index (χ0v) is 36.9. The quantitative estimate of drug-likeness (QED) is 0.0172. The standard InChI is InChI=1S/C44H84NO12P/c1-3-5-7-9-11-12-13-14-15-16-17-18-19-20-21-22-23-24-26-27-29-31-35(46)33-38(48)45-36(37(47)32-30-28-25-10-8-6-4-2)34-56-58(54,55)57-44-42(52)40(50)39(49)41(51)43(44)53/h8,10,30,32,35-37,39-44,46-47,49-53H,3-7,9,11-29,31,33-34H2,1-2H3,(H,45,48)(H,54,55)/b10-8+,32-30+. The molecule has 0 aromatic heterocycles. The van der Waals surface area contributed by atoms with Gasteiger partial charge < -0.3 is 46.0 Å². The normalized spacial score (nSPS) is 24.0. The van der Waals surface area contributed by atoms with Gasteiger partial charge in [0.25, 0.3) is 0 Å². The maximum Gasteiger partial charge on any atom is 0.472 e. The highest BCUT2D eigenvalue weighted by molar-refractivity contribution is 7.47. The lowest BCUT2D eigenvalue weighted by atomic mass is 9.85. The van der Waals surface area contributed by atoms with Gasteiger partial charge in [0.05, 0.1) is 31.3 Å². The Labute approximate surface area is 350 Å². The first-order chi connectivity index (χ1) is 27.8. The number of amides is 1. The summed E-state index contributed by atoms with van der Waals surface area (Å²) in [6.45, 7) is 3.60. The minimum Gasteiger partial charge on any atom is -0.393 e. The molecule has 1 saturated carbocycles. The summed E-state index contributed by atoms with van der Waals surface area (Å²) in [7, 11) is -5.13. The zero-order valence-electron chi connectivity index (χ0n) is 36.0. The Balaban J connectivity index is 2.37. The molecule has 8 atom stereocenters. The Morgan fingerprint density at radius 1 is 0.603 bits per heavy atom. The van der Waals surface area contributed by atoms with Crippen LogP contribution in [0.15, 0.2) is 24.3 Å². The van der Waals surface area contributed by atoms with E-state index >= 15 is 0 Å². The lowest BCUT2D eigenvalue weighted by Gasteiger charge is -2.41. The van der Waals surface area contributed by atoms with Crippen LogP contribution in [0, 0.1) is 0 Å². The molecule has 0 aromatic carbocycles. The summed E-state index contributed by atoms with van der Waals surface area (Å²) in [6, 6.07) is -1.25. The monoisotopic (exact) mass is 850 g/mol. The first kappa shape index (κ1) is 54.8. The van der Waals surface area contributed by atoms with Gasteiger partial charge in [0.1, 0.15) is 36.6 Å². The van der Waals surface area contributed by atoms with Gasteiger partial charge in [-0.25, -0.2) is 4.57 Å². The summed E-state index contributed by atoms with van der Waals surface area (Å²) >= 11 is 0. The molecule has 1 aliphatic rings. The summed E-state index contributed by atoms with van der Waals surface area (Å²) in [5.41, 5.74) is 0. The van der Waals surface area contributed by atoms with Gasteiger partial charge in [-0.1, -0.05) is 179 Å². The van der Waals surface area contributed by atoms with E-state index in [1.807, 2.05) is 6.08 Å². The molecule has 58 heavy (non-hydrogen) atoms. The van der Waals surface area contributed by atoms with Gasteiger partial charge in [-0.3, -0.25) is 13.8 Å². The molecule has 1 rings (SSSR count). The number of hydrogen-bond donors (Lipinski definition) is 9. The molecule has 1 fully saturated rings. The van der Waals surface area contributed by atoms with E-state index < -0.39 is 75.2 Å². The summed E-state index contributed by atoms with van der Waals surface area (Å²) in [5, 5.41) is 74.0. The van der Waals surface area contributed by atoms with Crippen molar-refractivity contribution < 1.29 is 59.0 Å². The van der Waals surface area contributed by atoms with Gasteiger partial charge in [0.2, 0.25) is 5.91 Å². The highest BCUT2D eigenvalue weighted by atomic mass is 31.2. The van der Waals surface area contributed by atoms with Crippen molar-refractivity contribution in [3.8, 4) is 0 Å². The van der Waals surface area contributed by atoms with Crippen molar-refractivity contribution in [2.45, 2.75) is 242 Å². The summed E-state index contributed by atoms with van der Waals surface area (Å²) in [4.78, 5) is 23.3. The van der Waals surface area contributed by atoms with Crippen LogP contribution in [0.5, 0.6) is 0 Å². The molecular weight excluding hydrogens is 765 g/mol. The van der Waals surface area contributed by atoms with E-state index in [0.717, 1.165) is 44.9 Å². The SMILES string of the molecule is CCC/C=C/CC/C=C/C(O)C(COP(=O)(O)OC1C(O)C(O)C(O)C(O)C1O)NC(=O)CC(O)CCCCCCCCCCCCCCCCCCCCCCC. The molecule has 0 bridgehead atoms. The number of nitrogens with one attached hydrogen (secondary N) is 1. The Kier molecular flexibility index (Phi) is 32.5. The van der Waals surface area contributed by atoms with Crippen molar-refractivity contribution in [2.24, 2.45) is 0 Å². The summed E-state index contributed by atoms with van der Waals surface area (Å²) < 4.78 is 22.7. The number of phosphoric acid groups is 1. The fraction of sp³-hybridized carbons (Fsp3) is 0.886. The molecule has 0 heterocycles. The predicted molar refractivity (Wildman–Crippen MR) is 229 cm³/mol. The van der Waals surface area contributed by atoms with Crippen LogP contribution in [0.1, 0.15) is 187 Å². The number of carbonyl (C=O) groups is 1. The highest BCUT2D eigenvalue weighted by Gasteiger charge is 2.51. The molecule has 8 unspecified atom stereocenters. The Bertz CT molecular complexity index is 1100. The van der Waals surface area contributed by atoms with Gasteiger partial charge in [-0.2, -0.15) is 0 Å². The number of hydrogen-bond acceptors (Lipinski definition) is 11. The van der Waals surface area contributed by atoms with Gasteiger partial charge in [-0.15, -0.1) is 0 Å². The van der Waals surface area contributed by atoms with E-state index in [-0.39, 0.29) is 6.42 Å². The first-order valence-corrected chi connectivity index (χ1v) is 24.4. The number of rotatable bonds is 37. The number of allylic oxidation sites excluding steroid dienone is 3. The molecule has 0 spiro atoms. The Hall–Kier alpha value is -1.22. The van der Waals surface area contributed by atoms with Gasteiger partial charge in [0, 0.05) is 0 Å². The fourth-order valence-electron chi connectivity index (χ4n) is 7.26. The number of carbonyl (C=O) groups excluding carboxylic acids is 1. The van der Waals surface area contributed by atoms with E-state index in [2.05, 4.69) is 25.2 Å². The third kappa shape index (κ3) is 26.2. The average Bonchev–Trinajstić information content (AvgIpc) is 3.19. The number of phosphoric ester groups is 1. The van der Waals surface area contributed by atoms with Crippen molar-refractivity contribution in [1.82, 2.24) is 5.32 Å². The first-order valence-electron chi connectivity index (χ1n) is 22.9. The van der Waals surface area contributed by atoms with Crippen LogP contribution in [0.2, 0.25) is 0 Å². The Morgan fingerprint density at radius 3 is 1.48 bits per heavy atom. The van der Waals surface area contributed by atoms with E-state index in [1.54, 1.807) is 6.08 Å². The van der Waals surface area contributed by atoms with Crippen LogP contribution in [0.25, 0.3) is 0 Å². The predicted octanol–water partition coefficient (Wildman–Crippen LogP) is 7.20. The second kappa shape index (κ2) is 34.4. The lowest BCUT2D eigenvalue weighted by molar-refractivity contribution is -0.220. The molecule has 13 nitrogen and oxygen atoms in total. The molecular formula is C44H84NO12P. The third-order valence-corrected chi connectivity index (χ3v) is 12.0. The molecule has 0 aliphatic heterocycles. The van der Waals surface area contributed by atoms with Crippen LogP contribution >= 0.6 is 7.82 Å². The van der Waals surface area contributed by atoms with E-state index in [4.69, 9.17) is 9.05 Å². The van der Waals surface area contributed by atoms with Crippen molar-refractivity contribution in [3.63, 3.8) is 0 Å². The largest absolute Gasteiger partial charge is 0.472 e. The fourth-order valence-corrected chi connectivity index (χ4v) is 8.23. The lowest BCUT2D eigenvalue weighted by Crippen LogP contribution is -2.64. The van der Waals surface area contributed by atoms with Crippen LogP contribution in [0.4, 0.5) is 0 Å². The van der Waals surface area contributed by atoms with Crippen LogP contribution in [-0.2, 0) is 18.4 Å². The molecule has 1 aliphatic carbocycles. The van der Waals surface area contributed by atoms with E-state index in [1.165, 1.54) is 115 Å². The van der Waals surface area contributed by atoms with E-state index in [0.29, 0.717) is 12.8 Å². The maximum absolute atomic E-state index is 12.9. The Morgan fingerprint density at radius 2 is 1.02 bits per heavy atom. The number of unbranched alkanes of at least 4 members (excludes halogenated alkanes) is 22. The molecule has 0 saturated heterocycles. The van der Waals surface area contributed by atoms with Crippen LogP contribution in [-0.4, -0.2) is 108 Å². The van der Waals surface area contributed by atoms with Crippen molar-refractivity contribution in [2.75, 3.05) is 6.61 Å². The van der Waals surface area contributed by atoms with Gasteiger partial charge in [-0.05, 0) is 25.7 Å². The second-order valence-corrected chi connectivity index (χ2v) is 17.8. The zero-order chi connectivity index (χ0) is 43.0. The van der Waals surface area contributed by atoms with Crippen molar-refractivity contribution in [1.29, 1.82) is 0 Å². The smallest absolute Gasteiger partial charge is 0.393 e. The number of aliphatic hydroxyl groups excluding tert-OH is 7. The van der Waals surface area contributed by atoms with E-state index in [9.17, 15) is 50.0 Å². The van der Waals surface area contributed by atoms with Gasteiger partial charge in [0.15, 0.2) is 0 Å². The minimum absolute atomic E-state index is 0.250. The molecule has 14 heteroatoms. The van der Waals surface area contributed by atoms with Gasteiger partial charge >= 0.3 is 7.82 Å². The van der Waals surface area contributed by atoms with Crippen molar-refractivity contribution >= 4 is 13.7 Å². The maximum atomic E-state index is 12.9. The molecule has 0 aromatic rings. The van der Waals surface area contributed by atoms with Crippen LogP contribution in [0.3, 0.4) is 0 Å². The molecule has 342 valence electrons. The van der Waals surface area contributed by atoms with Crippen molar-refractivity contribution in [3.05, 3.63) is 24.3 Å². The third-order valence-electron chi connectivity index (χ3n) is 11.0. The highest BCUT2D eigenvalue weighted by Crippen LogP contribution is 2.47. The van der Waals surface area contributed by atoms with Crippen LogP contribution < -0.4 is 5.32 Å². The number of aliphatic hydroxyl groups is 7. The summed E-state index contributed by atoms with van der Waals surface area (Å²) in [5.74, 6) is -0.605. The second-order valence-electron chi connectivity index (χ2n) is 16.4. The minimum atomic E-state index is -5.13. The molecule has 9 N–H and O–H groups in total. The topological polar surface area (TPSA) is 226 Å². The molecule has 0 radical (unpaired) electrons. The average molecular weight is 850 g/mol.